The Morgan fingerprint density at radius 1 is 1.36 bits per heavy atom. The third-order valence-corrected chi connectivity index (χ3v) is 3.70. The molecule has 2 rings (SSSR count). The fraction of sp³-hybridized carbons (Fsp3) is 0.545. The lowest BCUT2D eigenvalue weighted by Gasteiger charge is -2.26. The van der Waals surface area contributed by atoms with E-state index >= 15 is 0 Å². The summed E-state index contributed by atoms with van der Waals surface area (Å²) >= 11 is 2.07. The highest BCUT2D eigenvalue weighted by Crippen LogP contribution is 2.13. The van der Waals surface area contributed by atoms with Crippen LogP contribution in [0.5, 0.6) is 0 Å². The van der Waals surface area contributed by atoms with Crippen molar-refractivity contribution in [3.63, 3.8) is 0 Å². The lowest BCUT2D eigenvalue weighted by molar-refractivity contribution is 0.385. The number of pyridine rings is 1. The summed E-state index contributed by atoms with van der Waals surface area (Å²) < 4.78 is 0. The second-order valence-electron chi connectivity index (χ2n) is 3.70. The van der Waals surface area contributed by atoms with Crippen LogP contribution in [-0.2, 0) is 6.42 Å². The first-order valence-corrected chi connectivity index (χ1v) is 6.28. The van der Waals surface area contributed by atoms with Crippen LogP contribution in [0.4, 0.5) is 0 Å². The van der Waals surface area contributed by atoms with Crippen LogP contribution >= 0.6 is 11.8 Å². The number of hydrogen-bond acceptors (Lipinski definition) is 3. The topological polar surface area (TPSA) is 24.9 Å². The molecule has 0 bridgehead atoms. The average molecular weight is 208 g/mol. The zero-order valence-corrected chi connectivity index (χ0v) is 9.09. The van der Waals surface area contributed by atoms with Crippen molar-refractivity contribution in [3.05, 3.63) is 30.1 Å². The predicted molar refractivity (Wildman–Crippen MR) is 61.6 cm³/mol. The van der Waals surface area contributed by atoms with Crippen molar-refractivity contribution in [2.24, 2.45) is 5.92 Å². The molecule has 1 N–H and O–H groups in total. The summed E-state index contributed by atoms with van der Waals surface area (Å²) in [6.07, 6.45) is 4.92. The van der Waals surface area contributed by atoms with Crippen molar-refractivity contribution in [2.45, 2.75) is 6.42 Å². The Bertz CT molecular complexity index is 259. The van der Waals surface area contributed by atoms with Crippen molar-refractivity contribution >= 4 is 11.8 Å². The molecule has 1 saturated heterocycles. The Hall–Kier alpha value is -0.540. The Morgan fingerprint density at radius 2 is 2.14 bits per heavy atom. The molecular formula is C11H16N2S. The van der Waals surface area contributed by atoms with Gasteiger partial charge in [-0.1, -0.05) is 0 Å². The standard InChI is InChI=1S/C11H16N2S/c1-4-12-5-2-10(1)3-6-14-9-11-7-13-8-11/h1-2,4-5,11,13H,3,6-9H2. The molecule has 0 amide bonds. The van der Waals surface area contributed by atoms with Crippen molar-refractivity contribution < 1.29 is 0 Å². The molecular weight excluding hydrogens is 192 g/mol. The summed E-state index contributed by atoms with van der Waals surface area (Å²) in [5, 5.41) is 3.30. The van der Waals surface area contributed by atoms with Crippen LogP contribution in [0.3, 0.4) is 0 Å². The first kappa shape index (κ1) is 9.99. The molecule has 3 heteroatoms. The summed E-state index contributed by atoms with van der Waals surface area (Å²) in [4.78, 5) is 4.01. The van der Waals surface area contributed by atoms with E-state index in [2.05, 4.69) is 34.2 Å². The highest BCUT2D eigenvalue weighted by atomic mass is 32.2. The number of thioether (sulfide) groups is 1. The minimum absolute atomic E-state index is 0.928. The third-order valence-electron chi connectivity index (χ3n) is 2.50. The van der Waals surface area contributed by atoms with Gasteiger partial charge in [0.2, 0.25) is 0 Å². The monoisotopic (exact) mass is 208 g/mol. The van der Waals surface area contributed by atoms with Gasteiger partial charge in [0.25, 0.3) is 0 Å². The fourth-order valence-electron chi connectivity index (χ4n) is 1.46. The minimum Gasteiger partial charge on any atom is -0.316 e. The van der Waals surface area contributed by atoms with Crippen LogP contribution < -0.4 is 5.32 Å². The fourth-order valence-corrected chi connectivity index (χ4v) is 2.57. The first-order valence-electron chi connectivity index (χ1n) is 5.12. The number of nitrogens with one attached hydrogen (secondary N) is 1. The third kappa shape index (κ3) is 3.00. The van der Waals surface area contributed by atoms with Crippen molar-refractivity contribution in [2.75, 3.05) is 24.6 Å². The highest BCUT2D eigenvalue weighted by molar-refractivity contribution is 7.99. The first-order chi connectivity index (χ1) is 6.95. The molecule has 0 spiro atoms. The van der Waals surface area contributed by atoms with Gasteiger partial charge in [-0.2, -0.15) is 11.8 Å². The number of nitrogens with zero attached hydrogens (tertiary/aromatic N) is 1. The highest BCUT2D eigenvalue weighted by Gasteiger charge is 2.15. The van der Waals surface area contributed by atoms with E-state index in [0.29, 0.717) is 0 Å². The maximum Gasteiger partial charge on any atom is 0.0270 e. The maximum atomic E-state index is 4.01. The van der Waals surface area contributed by atoms with Gasteiger partial charge in [0.05, 0.1) is 0 Å². The zero-order chi connectivity index (χ0) is 9.64. The van der Waals surface area contributed by atoms with Gasteiger partial charge in [-0.05, 0) is 54.6 Å². The molecule has 14 heavy (non-hydrogen) atoms. The van der Waals surface area contributed by atoms with Crippen LogP contribution in [0, 0.1) is 5.92 Å². The van der Waals surface area contributed by atoms with Gasteiger partial charge in [0, 0.05) is 12.4 Å². The van der Waals surface area contributed by atoms with E-state index in [1.807, 2.05) is 12.4 Å². The van der Waals surface area contributed by atoms with E-state index in [1.54, 1.807) is 0 Å². The normalized spacial score (nSPS) is 16.6. The predicted octanol–water partition coefficient (Wildman–Crippen LogP) is 1.58. The molecule has 1 aliphatic rings. The summed E-state index contributed by atoms with van der Waals surface area (Å²) in [7, 11) is 0. The zero-order valence-electron chi connectivity index (χ0n) is 8.28. The molecule has 0 radical (unpaired) electrons. The van der Waals surface area contributed by atoms with Crippen LogP contribution in [0.2, 0.25) is 0 Å². The van der Waals surface area contributed by atoms with Crippen molar-refractivity contribution in [1.29, 1.82) is 0 Å². The summed E-state index contributed by atoms with van der Waals surface area (Å²) in [6, 6.07) is 4.21. The van der Waals surface area contributed by atoms with Crippen LogP contribution in [0.15, 0.2) is 24.5 Å². The van der Waals surface area contributed by atoms with Gasteiger partial charge >= 0.3 is 0 Å². The quantitative estimate of drug-likeness (QED) is 0.744. The van der Waals surface area contributed by atoms with E-state index in [4.69, 9.17) is 0 Å². The van der Waals surface area contributed by atoms with Crippen LogP contribution in [0.25, 0.3) is 0 Å². The van der Waals surface area contributed by atoms with E-state index < -0.39 is 0 Å². The Balaban J connectivity index is 1.58. The Labute approximate surface area is 89.5 Å². The molecule has 2 nitrogen and oxygen atoms in total. The van der Waals surface area contributed by atoms with Gasteiger partial charge in [-0.15, -0.1) is 0 Å². The average Bonchev–Trinajstić information content (AvgIpc) is 2.16. The SMILES string of the molecule is c1cc(CCSCC2CNC2)ccn1. The van der Waals surface area contributed by atoms with Gasteiger partial charge in [-0.3, -0.25) is 4.98 Å². The maximum absolute atomic E-state index is 4.01. The Kier molecular flexibility index (Phi) is 3.83. The lowest BCUT2D eigenvalue weighted by Crippen LogP contribution is -2.43. The molecule has 1 aliphatic heterocycles. The molecule has 0 atom stereocenters. The number of rotatable bonds is 5. The molecule has 1 aromatic rings. The summed E-state index contributed by atoms with van der Waals surface area (Å²) in [5.74, 6) is 3.48. The Morgan fingerprint density at radius 3 is 2.79 bits per heavy atom. The van der Waals surface area contributed by atoms with Gasteiger partial charge in [-0.25, -0.2) is 0 Å². The van der Waals surface area contributed by atoms with Crippen LogP contribution in [0.1, 0.15) is 5.56 Å². The minimum atomic E-state index is 0.928. The van der Waals surface area contributed by atoms with E-state index in [1.165, 1.54) is 36.6 Å². The lowest BCUT2D eigenvalue weighted by atomic mass is 10.1. The number of aryl methyl sites for hydroxylation is 1. The number of aromatic nitrogens is 1. The second kappa shape index (κ2) is 5.37. The number of hydrogen-bond donors (Lipinski definition) is 1. The van der Waals surface area contributed by atoms with E-state index in [0.717, 1.165) is 5.92 Å². The molecule has 0 aliphatic carbocycles. The second-order valence-corrected chi connectivity index (χ2v) is 4.85. The molecule has 1 aromatic heterocycles. The largest absolute Gasteiger partial charge is 0.316 e. The molecule has 0 saturated carbocycles. The van der Waals surface area contributed by atoms with Gasteiger partial charge in [0.15, 0.2) is 0 Å². The molecule has 1 fully saturated rings. The van der Waals surface area contributed by atoms with E-state index in [-0.39, 0.29) is 0 Å². The van der Waals surface area contributed by atoms with Gasteiger partial charge in [0.1, 0.15) is 0 Å². The molecule has 2 heterocycles. The van der Waals surface area contributed by atoms with Crippen LogP contribution in [-0.4, -0.2) is 29.6 Å². The van der Waals surface area contributed by atoms with Crippen molar-refractivity contribution in [3.8, 4) is 0 Å². The molecule has 0 unspecified atom stereocenters. The smallest absolute Gasteiger partial charge is 0.0270 e. The molecule has 0 aromatic carbocycles. The molecule has 76 valence electrons. The summed E-state index contributed by atoms with van der Waals surface area (Å²) in [5.41, 5.74) is 1.40. The summed E-state index contributed by atoms with van der Waals surface area (Å²) in [6.45, 7) is 2.45. The van der Waals surface area contributed by atoms with Crippen molar-refractivity contribution in [1.82, 2.24) is 10.3 Å². The van der Waals surface area contributed by atoms with Gasteiger partial charge < -0.3 is 5.32 Å². The van der Waals surface area contributed by atoms with E-state index in [9.17, 15) is 0 Å².